The second-order valence-corrected chi connectivity index (χ2v) is 4.63. The minimum atomic E-state index is -2.97. The van der Waals surface area contributed by atoms with E-state index in [1.54, 1.807) is 30.3 Å². The summed E-state index contributed by atoms with van der Waals surface area (Å²) in [4.78, 5) is 3.86. The first kappa shape index (κ1) is 9.18. The highest BCUT2D eigenvalue weighted by Gasteiger charge is 2.10. The van der Waals surface area contributed by atoms with Crippen molar-refractivity contribution < 1.29 is 13.3 Å². The summed E-state index contributed by atoms with van der Waals surface area (Å²) in [5.74, 6) is 0.274. The van der Waals surface area contributed by atoms with Crippen molar-refractivity contribution in [2.24, 2.45) is 0 Å². The summed E-state index contributed by atoms with van der Waals surface area (Å²) < 4.78 is 48.2. The van der Waals surface area contributed by atoms with Gasteiger partial charge >= 0.3 is 0 Å². The van der Waals surface area contributed by atoms with Crippen LogP contribution >= 0.6 is 0 Å². The Morgan fingerprint density at radius 2 is 2.19 bits per heavy atom. The van der Waals surface area contributed by atoms with Gasteiger partial charge in [-0.25, -0.2) is 4.98 Å². The highest BCUT2D eigenvalue weighted by atomic mass is 16.3. The third kappa shape index (κ3) is 5.17. The zero-order chi connectivity index (χ0) is 20.3. The number of nitrogen functional groups attached to an aromatic ring is 1. The first-order valence-electron chi connectivity index (χ1n) is 9.65. The van der Waals surface area contributed by atoms with Crippen LogP contribution in [0.3, 0.4) is 0 Å². The fourth-order valence-electron chi connectivity index (χ4n) is 1.78. The van der Waals surface area contributed by atoms with E-state index in [9.17, 15) is 5.11 Å². The normalized spacial score (nSPS) is 20.8. The lowest BCUT2D eigenvalue weighted by Gasteiger charge is -2.17. The molecule has 2 aromatic rings. The third-order valence-electron chi connectivity index (χ3n) is 2.98. The number of aryl methyl sites for hydroxylation is 1. The molecule has 0 aliphatic carbocycles. The Morgan fingerprint density at radius 1 is 1.38 bits per heavy atom. The van der Waals surface area contributed by atoms with Gasteiger partial charge in [0.2, 0.25) is 0 Å². The van der Waals surface area contributed by atoms with Crippen LogP contribution in [0.2, 0.25) is 0 Å². The summed E-state index contributed by atoms with van der Waals surface area (Å²) in [6.45, 7) is -3.30. The van der Waals surface area contributed by atoms with Crippen molar-refractivity contribution in [3.63, 3.8) is 0 Å². The molecular formula is C17H23N3O. The molecule has 4 N–H and O–H groups in total. The van der Waals surface area contributed by atoms with Crippen LogP contribution in [0.4, 0.5) is 5.82 Å². The van der Waals surface area contributed by atoms with Crippen LogP contribution in [0.1, 0.15) is 38.7 Å². The fourth-order valence-corrected chi connectivity index (χ4v) is 1.78. The van der Waals surface area contributed by atoms with E-state index < -0.39 is 25.3 Å². The van der Waals surface area contributed by atoms with E-state index in [2.05, 4.69) is 10.3 Å². The van der Waals surface area contributed by atoms with Crippen LogP contribution in [0, 0.1) is 0 Å². The predicted molar refractivity (Wildman–Crippen MR) is 85.8 cm³/mol. The van der Waals surface area contributed by atoms with E-state index in [-0.39, 0.29) is 18.8 Å². The van der Waals surface area contributed by atoms with Crippen LogP contribution in [0.25, 0.3) is 0 Å². The number of benzene rings is 1. The lowest BCUT2D eigenvalue weighted by molar-refractivity contribution is 0.169. The van der Waals surface area contributed by atoms with Gasteiger partial charge < -0.3 is 16.2 Å². The van der Waals surface area contributed by atoms with Gasteiger partial charge in [-0.15, -0.1) is 0 Å². The first-order chi connectivity index (χ1) is 12.5. The predicted octanol–water partition coefficient (Wildman–Crippen LogP) is 2.31. The number of pyridine rings is 1. The van der Waals surface area contributed by atoms with Gasteiger partial charge in [0.25, 0.3) is 0 Å². The summed E-state index contributed by atoms with van der Waals surface area (Å²) in [7, 11) is 0. The van der Waals surface area contributed by atoms with Gasteiger partial charge in [0.15, 0.2) is 0 Å². The largest absolute Gasteiger partial charge is 0.387 e. The number of nitrogens with two attached hydrogens (primary N) is 1. The molecule has 0 bridgehead atoms. The highest BCUT2D eigenvalue weighted by Crippen LogP contribution is 2.12. The number of aliphatic hydroxyl groups excluding tert-OH is 1. The molecule has 2 rings (SSSR count). The summed E-state index contributed by atoms with van der Waals surface area (Å²) >= 11 is 0. The Morgan fingerprint density at radius 3 is 2.86 bits per heavy atom. The van der Waals surface area contributed by atoms with Crippen molar-refractivity contribution in [1.82, 2.24) is 10.3 Å². The van der Waals surface area contributed by atoms with Gasteiger partial charge in [0.05, 0.1) is 6.10 Å². The lowest BCUT2D eigenvalue weighted by atomic mass is 10.1. The van der Waals surface area contributed by atoms with Crippen LogP contribution < -0.4 is 11.1 Å². The zero-order valence-corrected chi connectivity index (χ0v) is 11.6. The molecule has 0 aliphatic rings. The van der Waals surface area contributed by atoms with E-state index in [1.165, 1.54) is 18.3 Å². The van der Waals surface area contributed by atoms with Crippen molar-refractivity contribution in [3.05, 3.63) is 59.8 Å². The number of nitrogens with zero attached hydrogens (tertiary/aromatic N) is 1. The maximum absolute atomic E-state index is 10.3. The maximum Gasteiger partial charge on any atom is 0.123 e. The molecular weight excluding hydrogens is 262 g/mol. The van der Waals surface area contributed by atoms with Crippen LogP contribution in [0.5, 0.6) is 0 Å². The molecule has 0 amide bonds. The van der Waals surface area contributed by atoms with E-state index in [4.69, 9.17) is 14.0 Å². The number of nitrogens with one attached hydrogen (secondary N) is 1. The number of anilines is 1. The monoisotopic (exact) mass is 291 g/mol. The van der Waals surface area contributed by atoms with Gasteiger partial charge in [-0.05, 0) is 31.3 Å². The molecule has 2 atom stereocenters. The SMILES string of the molecule is [2H]C([2H])([2H])C([2H])(NCC(O)c1ccc(N)nc1)C([2H])([2H])Cc1ccccc1. The standard InChI is InChI=1S/C17H23N3O/c1-13(7-8-14-5-3-2-4-6-14)19-12-16(21)15-9-10-17(18)20-11-15/h2-6,9-11,13,16,19,21H,7-8,12H2,1H3,(H2,18,20)/i1D3,7D2,13D. The van der Waals surface area contributed by atoms with Crippen LogP contribution in [-0.2, 0) is 6.42 Å². The van der Waals surface area contributed by atoms with Gasteiger partial charge in [0, 0.05) is 32.5 Å². The molecule has 2 unspecified atom stereocenters. The van der Waals surface area contributed by atoms with E-state index in [1.807, 2.05) is 0 Å². The smallest absolute Gasteiger partial charge is 0.123 e. The number of rotatable bonds is 7. The topological polar surface area (TPSA) is 71.2 Å². The number of hydrogen-bond donors (Lipinski definition) is 3. The maximum atomic E-state index is 10.3. The molecule has 1 aromatic carbocycles. The molecule has 0 spiro atoms. The van der Waals surface area contributed by atoms with Crippen molar-refractivity contribution in [2.75, 3.05) is 12.3 Å². The molecule has 21 heavy (non-hydrogen) atoms. The molecule has 1 aromatic heterocycles. The van der Waals surface area contributed by atoms with Crippen molar-refractivity contribution in [1.29, 1.82) is 0 Å². The summed E-state index contributed by atoms with van der Waals surface area (Å²) in [5, 5.41) is 12.7. The Labute approximate surface area is 134 Å². The molecule has 0 saturated carbocycles. The van der Waals surface area contributed by atoms with Crippen molar-refractivity contribution in [2.45, 2.75) is 31.8 Å². The van der Waals surface area contributed by atoms with Crippen molar-refractivity contribution in [3.8, 4) is 0 Å². The molecule has 0 saturated heterocycles. The van der Waals surface area contributed by atoms with E-state index in [0.29, 0.717) is 11.1 Å². The number of aromatic nitrogens is 1. The molecule has 4 heteroatoms. The molecule has 0 aliphatic heterocycles. The summed E-state index contributed by atoms with van der Waals surface area (Å²) in [6, 6.07) is 8.96. The third-order valence-corrected chi connectivity index (χ3v) is 2.98. The lowest BCUT2D eigenvalue weighted by Crippen LogP contribution is -2.30. The van der Waals surface area contributed by atoms with E-state index >= 15 is 0 Å². The Kier molecular flexibility index (Phi) is 3.39. The average molecular weight is 291 g/mol. The van der Waals surface area contributed by atoms with E-state index in [0.717, 1.165) is 0 Å². The molecule has 0 radical (unpaired) electrons. The quantitative estimate of drug-likeness (QED) is 0.732. The average Bonchev–Trinajstić information content (AvgIpc) is 2.59. The van der Waals surface area contributed by atoms with Crippen molar-refractivity contribution >= 4 is 5.82 Å². The second-order valence-electron chi connectivity index (χ2n) is 4.63. The number of hydrogen-bond acceptors (Lipinski definition) is 4. The number of aliphatic hydroxyl groups is 1. The molecule has 1 heterocycles. The van der Waals surface area contributed by atoms with Gasteiger partial charge in [0.1, 0.15) is 5.82 Å². The van der Waals surface area contributed by atoms with Gasteiger partial charge in [-0.2, -0.15) is 0 Å². The zero-order valence-electron chi connectivity index (χ0n) is 17.6. The Bertz CT molecular complexity index is 739. The Balaban J connectivity index is 2.21. The summed E-state index contributed by atoms with van der Waals surface area (Å²) in [6.07, 6.45) is -2.51. The van der Waals surface area contributed by atoms with Gasteiger partial charge in [-0.1, -0.05) is 36.4 Å². The second kappa shape index (κ2) is 7.76. The molecule has 112 valence electrons. The molecule has 4 nitrogen and oxygen atoms in total. The minimum absolute atomic E-state index is 0.262. The Hall–Kier alpha value is -1.91. The summed E-state index contributed by atoms with van der Waals surface area (Å²) in [5.41, 5.74) is 6.46. The minimum Gasteiger partial charge on any atom is -0.387 e. The van der Waals surface area contributed by atoms with Crippen LogP contribution in [-0.4, -0.2) is 22.7 Å². The molecule has 0 fully saturated rings. The highest BCUT2D eigenvalue weighted by molar-refractivity contribution is 5.30. The van der Waals surface area contributed by atoms with Gasteiger partial charge in [-0.3, -0.25) is 0 Å². The fraction of sp³-hybridized carbons (Fsp3) is 0.353. The van der Waals surface area contributed by atoms with Crippen LogP contribution in [0.15, 0.2) is 48.7 Å². The first-order valence-corrected chi connectivity index (χ1v) is 6.65.